The summed E-state index contributed by atoms with van der Waals surface area (Å²) in [5.74, 6) is 1.38. The molecule has 3 heteroatoms. The number of hydrogen-bond donors (Lipinski definition) is 0. The first kappa shape index (κ1) is 44.6. The van der Waals surface area contributed by atoms with E-state index in [9.17, 15) is 0 Å². The molecule has 0 amide bonds. The Morgan fingerprint density at radius 2 is 1.52 bits per heavy atom. The number of nitrogens with zero attached hydrogens (tertiary/aromatic N) is 2. The molecule has 0 aliphatic heterocycles. The molecule has 2 aliphatic carbocycles. The maximum atomic E-state index is 6.50. The molecule has 1 heterocycles. The number of benzene rings is 2. The molecule has 58 heavy (non-hydrogen) atoms. The van der Waals surface area contributed by atoms with Crippen molar-refractivity contribution in [1.82, 2.24) is 0 Å². The first-order chi connectivity index (χ1) is 27.2. The Hall–Kier alpha value is -4.50. The molecule has 3 aromatic rings. The van der Waals surface area contributed by atoms with E-state index in [1.54, 1.807) is 0 Å². The SMILES string of the molecule is C=C/C(=C\C)N(C(=C)/C=C/N(c1ccc2c(c1)C(C)(C)CCC2(C)C)c1coc(CC)c1/C=C1\CC(C)(C)CCC1(C)C)c1cccc(/C(=C(C)/C=C/C)C(C)C)c1. The van der Waals surface area contributed by atoms with E-state index in [-0.39, 0.29) is 21.7 Å². The van der Waals surface area contributed by atoms with E-state index in [0.717, 1.165) is 53.5 Å². The van der Waals surface area contributed by atoms with Crippen LogP contribution in [-0.4, -0.2) is 0 Å². The van der Waals surface area contributed by atoms with Crippen LogP contribution in [0.3, 0.4) is 0 Å². The molecule has 0 atom stereocenters. The number of aryl methyl sites for hydroxylation is 1. The largest absolute Gasteiger partial charge is 0.466 e. The van der Waals surface area contributed by atoms with Gasteiger partial charge in [0.2, 0.25) is 0 Å². The van der Waals surface area contributed by atoms with Crippen LogP contribution < -0.4 is 9.80 Å². The van der Waals surface area contributed by atoms with Crippen LogP contribution >= 0.6 is 0 Å². The second kappa shape index (κ2) is 17.4. The Bertz CT molecular complexity index is 2150. The lowest BCUT2D eigenvalue weighted by Crippen LogP contribution is -2.34. The summed E-state index contributed by atoms with van der Waals surface area (Å²) in [6.45, 7) is 41.3. The van der Waals surface area contributed by atoms with Crippen LogP contribution in [0.1, 0.15) is 157 Å². The van der Waals surface area contributed by atoms with Gasteiger partial charge < -0.3 is 14.2 Å². The predicted molar refractivity (Wildman–Crippen MR) is 255 cm³/mol. The summed E-state index contributed by atoms with van der Waals surface area (Å²) in [6, 6.07) is 16.0. The molecule has 0 unspecified atom stereocenters. The van der Waals surface area contributed by atoms with Gasteiger partial charge in [0.1, 0.15) is 12.0 Å². The third-order valence-corrected chi connectivity index (χ3v) is 13.2. The molecule has 2 aliphatic rings. The predicted octanol–water partition coefficient (Wildman–Crippen LogP) is 16.6. The van der Waals surface area contributed by atoms with Crippen molar-refractivity contribution in [3.05, 3.63) is 149 Å². The third-order valence-electron chi connectivity index (χ3n) is 13.2. The van der Waals surface area contributed by atoms with E-state index in [0.29, 0.717) is 5.92 Å². The minimum atomic E-state index is 0.0640. The number of furan rings is 1. The summed E-state index contributed by atoms with van der Waals surface area (Å²) >= 11 is 0. The molecule has 1 saturated carbocycles. The van der Waals surface area contributed by atoms with Crippen LogP contribution in [0, 0.1) is 16.7 Å². The van der Waals surface area contributed by atoms with Gasteiger partial charge in [-0.2, -0.15) is 0 Å². The smallest absolute Gasteiger partial charge is 0.115 e. The highest BCUT2D eigenvalue weighted by atomic mass is 16.3. The van der Waals surface area contributed by atoms with Gasteiger partial charge in [-0.05, 0) is 151 Å². The molecule has 0 bridgehead atoms. The molecule has 0 N–H and O–H groups in total. The van der Waals surface area contributed by atoms with Crippen LogP contribution in [0.15, 0.2) is 125 Å². The topological polar surface area (TPSA) is 19.6 Å². The second-order valence-electron chi connectivity index (χ2n) is 19.9. The Kier molecular flexibility index (Phi) is 13.4. The first-order valence-electron chi connectivity index (χ1n) is 21.9. The van der Waals surface area contributed by atoms with Crippen LogP contribution in [0.4, 0.5) is 17.1 Å². The maximum absolute atomic E-state index is 6.50. The molecule has 1 aromatic heterocycles. The van der Waals surface area contributed by atoms with Crippen LogP contribution in [0.2, 0.25) is 0 Å². The van der Waals surface area contributed by atoms with Gasteiger partial charge in [-0.1, -0.05) is 131 Å². The summed E-state index contributed by atoms with van der Waals surface area (Å²) < 4.78 is 6.50. The highest BCUT2D eigenvalue weighted by molar-refractivity contribution is 5.79. The van der Waals surface area contributed by atoms with E-state index < -0.39 is 0 Å². The van der Waals surface area contributed by atoms with Crippen molar-refractivity contribution in [3.63, 3.8) is 0 Å². The van der Waals surface area contributed by atoms with Crippen molar-refractivity contribution in [2.45, 2.75) is 146 Å². The number of anilines is 3. The molecular weight excluding hydrogens is 705 g/mol. The average molecular weight is 779 g/mol. The molecular formula is C55H74N2O. The fraction of sp³-hybridized carbons (Fsp3) is 0.455. The first-order valence-corrected chi connectivity index (χ1v) is 21.9. The molecule has 3 nitrogen and oxygen atoms in total. The van der Waals surface area contributed by atoms with E-state index in [4.69, 9.17) is 11.0 Å². The third kappa shape index (κ3) is 9.35. The van der Waals surface area contributed by atoms with Gasteiger partial charge in [0, 0.05) is 41.0 Å². The van der Waals surface area contributed by atoms with E-state index >= 15 is 0 Å². The lowest BCUT2D eigenvalue weighted by molar-refractivity contribution is 0.201. The fourth-order valence-corrected chi connectivity index (χ4v) is 9.34. The molecule has 0 spiro atoms. The Labute approximate surface area is 353 Å². The normalized spacial score (nSPS) is 19.7. The number of allylic oxidation sites excluding steroid dienone is 8. The summed E-state index contributed by atoms with van der Waals surface area (Å²) in [4.78, 5) is 4.56. The van der Waals surface area contributed by atoms with Crippen LogP contribution in [0.5, 0.6) is 0 Å². The molecule has 2 aromatic carbocycles. The van der Waals surface area contributed by atoms with Crippen molar-refractivity contribution in [2.24, 2.45) is 16.7 Å². The van der Waals surface area contributed by atoms with Crippen molar-refractivity contribution < 1.29 is 4.42 Å². The molecule has 0 radical (unpaired) electrons. The zero-order chi connectivity index (χ0) is 42.8. The van der Waals surface area contributed by atoms with Gasteiger partial charge >= 0.3 is 0 Å². The number of hydrogen-bond acceptors (Lipinski definition) is 3. The Balaban J connectivity index is 1.71. The summed E-state index contributed by atoms with van der Waals surface area (Å²) in [5, 5.41) is 0. The Morgan fingerprint density at radius 3 is 2.14 bits per heavy atom. The van der Waals surface area contributed by atoms with Crippen molar-refractivity contribution in [3.8, 4) is 0 Å². The summed E-state index contributed by atoms with van der Waals surface area (Å²) in [7, 11) is 0. The van der Waals surface area contributed by atoms with E-state index in [1.165, 1.54) is 58.2 Å². The average Bonchev–Trinajstić information content (AvgIpc) is 3.56. The minimum Gasteiger partial charge on any atom is -0.466 e. The van der Waals surface area contributed by atoms with Gasteiger partial charge in [-0.25, -0.2) is 0 Å². The van der Waals surface area contributed by atoms with Gasteiger partial charge in [-0.15, -0.1) is 0 Å². The zero-order valence-corrected chi connectivity index (χ0v) is 38.7. The fourth-order valence-electron chi connectivity index (χ4n) is 9.34. The van der Waals surface area contributed by atoms with Crippen molar-refractivity contribution >= 4 is 28.7 Å². The zero-order valence-electron chi connectivity index (χ0n) is 38.7. The summed E-state index contributed by atoms with van der Waals surface area (Å²) in [6.07, 6.45) is 23.8. The minimum absolute atomic E-state index is 0.0640. The highest BCUT2D eigenvalue weighted by Gasteiger charge is 2.38. The number of rotatable bonds is 13. The molecule has 1 fully saturated rings. The lowest BCUT2D eigenvalue weighted by Gasteiger charge is -2.42. The van der Waals surface area contributed by atoms with Crippen LogP contribution in [-0.2, 0) is 17.3 Å². The monoisotopic (exact) mass is 779 g/mol. The molecule has 0 saturated heterocycles. The van der Waals surface area contributed by atoms with Gasteiger partial charge in [-0.3, -0.25) is 0 Å². The maximum Gasteiger partial charge on any atom is 0.115 e. The molecule has 310 valence electrons. The lowest BCUT2D eigenvalue weighted by atomic mass is 9.63. The van der Waals surface area contributed by atoms with E-state index in [2.05, 4.69) is 192 Å². The van der Waals surface area contributed by atoms with Crippen molar-refractivity contribution in [1.29, 1.82) is 0 Å². The summed E-state index contributed by atoms with van der Waals surface area (Å²) in [5.41, 5.74) is 15.0. The van der Waals surface area contributed by atoms with Crippen LogP contribution in [0.25, 0.3) is 11.6 Å². The van der Waals surface area contributed by atoms with Gasteiger partial charge in [0.25, 0.3) is 0 Å². The van der Waals surface area contributed by atoms with Gasteiger partial charge in [0.15, 0.2) is 0 Å². The standard InChI is InChI=1S/C55H74N2O/c1-17-22-39(7)51(38(5)6)41-23-21-24-45(33-41)57(43(18-2)19-3)40(8)27-32-56(44-25-26-47-48(35-44)55(15,16)31-30-54(47,13)14)49-37-58-50(20-4)46(49)34-42-36-52(9,10)28-29-53(42,11)12/h17-19,21-27,32-35,37-38H,2,8,20,28-31,36H2,1,3-7,9-16H3/b22-17+,32-27+,42-34+,43-19+,51-39+. The number of fused-ring (bicyclic) bond motifs is 1. The molecule has 5 rings (SSSR count). The van der Waals surface area contributed by atoms with Crippen molar-refractivity contribution in [2.75, 3.05) is 9.80 Å². The van der Waals surface area contributed by atoms with E-state index in [1.807, 2.05) is 12.3 Å². The Morgan fingerprint density at radius 1 is 0.845 bits per heavy atom. The quantitative estimate of drug-likeness (QED) is 0.161. The second-order valence-corrected chi connectivity index (χ2v) is 19.9. The highest BCUT2D eigenvalue weighted by Crippen LogP contribution is 2.51. The van der Waals surface area contributed by atoms with Gasteiger partial charge in [0.05, 0.1) is 5.69 Å².